The number of likely N-dealkylation sites (tertiary alicyclic amines) is 2. The van der Waals surface area contributed by atoms with Gasteiger partial charge in [0, 0.05) is 37.2 Å². The summed E-state index contributed by atoms with van der Waals surface area (Å²) < 4.78 is 11.2. The van der Waals surface area contributed by atoms with Crippen LogP contribution in [-0.2, 0) is 0 Å². The Labute approximate surface area is 162 Å². The lowest BCUT2D eigenvalue weighted by Crippen LogP contribution is -2.47. The predicted octanol–water partition coefficient (Wildman–Crippen LogP) is 3.43. The second-order valence-electron chi connectivity index (χ2n) is 9.71. The van der Waals surface area contributed by atoms with Gasteiger partial charge in [-0.1, -0.05) is 20.8 Å². The second-order valence-corrected chi connectivity index (χ2v) is 9.71. The fourth-order valence-electron chi connectivity index (χ4n) is 4.92. The fraction of sp³-hybridized carbons (Fsp3) is 0.682. The first kappa shape index (κ1) is 18.6. The number of ether oxygens (including phenoxy) is 2. The second kappa shape index (κ2) is 7.01. The maximum atomic E-state index is 13.1. The average molecular weight is 373 g/mol. The molecular formula is C22H32N2O3. The van der Waals surface area contributed by atoms with Gasteiger partial charge in [0.25, 0.3) is 5.91 Å². The van der Waals surface area contributed by atoms with Gasteiger partial charge in [0.15, 0.2) is 11.5 Å². The molecule has 1 aromatic carbocycles. The van der Waals surface area contributed by atoms with Crippen molar-refractivity contribution in [1.29, 1.82) is 0 Å². The van der Waals surface area contributed by atoms with E-state index in [1.165, 1.54) is 19.4 Å². The van der Waals surface area contributed by atoms with Crippen molar-refractivity contribution in [2.24, 2.45) is 10.8 Å². The molecule has 0 saturated carbocycles. The van der Waals surface area contributed by atoms with E-state index >= 15 is 0 Å². The standard InChI is InChI=1S/C22H32N2O3/c1-21(2,3)14-23-9-4-7-22(15-23)8-10-24(16-22)20(25)17-5-6-18-19(13-17)27-12-11-26-18/h5-6,13H,4,7-12,14-16H2,1-3H3/t22-/m1/s1. The lowest BCUT2D eigenvalue weighted by Gasteiger charge is -2.42. The Morgan fingerprint density at radius 2 is 1.85 bits per heavy atom. The first-order valence-electron chi connectivity index (χ1n) is 10.3. The fourth-order valence-corrected chi connectivity index (χ4v) is 4.92. The maximum absolute atomic E-state index is 13.1. The summed E-state index contributed by atoms with van der Waals surface area (Å²) in [5.74, 6) is 1.55. The topological polar surface area (TPSA) is 42.0 Å². The molecule has 1 aromatic rings. The van der Waals surface area contributed by atoms with Crippen molar-refractivity contribution in [2.75, 3.05) is 45.9 Å². The first-order chi connectivity index (χ1) is 12.8. The van der Waals surface area contributed by atoms with Crippen molar-refractivity contribution in [3.05, 3.63) is 23.8 Å². The molecule has 1 spiro atoms. The molecule has 2 saturated heterocycles. The predicted molar refractivity (Wildman–Crippen MR) is 106 cm³/mol. The summed E-state index contributed by atoms with van der Waals surface area (Å²) in [6.07, 6.45) is 3.59. The smallest absolute Gasteiger partial charge is 0.254 e. The summed E-state index contributed by atoms with van der Waals surface area (Å²) in [6, 6.07) is 5.57. The molecular weight excluding hydrogens is 340 g/mol. The summed E-state index contributed by atoms with van der Waals surface area (Å²) in [4.78, 5) is 17.7. The Kier molecular flexibility index (Phi) is 4.83. The minimum Gasteiger partial charge on any atom is -0.486 e. The van der Waals surface area contributed by atoms with Gasteiger partial charge in [0.1, 0.15) is 13.2 Å². The molecule has 148 valence electrons. The zero-order chi connectivity index (χ0) is 19.1. The van der Waals surface area contributed by atoms with Crippen LogP contribution >= 0.6 is 0 Å². The summed E-state index contributed by atoms with van der Waals surface area (Å²) in [5.41, 5.74) is 1.30. The van der Waals surface area contributed by atoms with Crippen LogP contribution in [-0.4, -0.2) is 61.6 Å². The minimum absolute atomic E-state index is 0.122. The van der Waals surface area contributed by atoms with Gasteiger partial charge < -0.3 is 19.3 Å². The van der Waals surface area contributed by atoms with E-state index in [0.717, 1.165) is 38.3 Å². The number of amides is 1. The van der Waals surface area contributed by atoms with Crippen LogP contribution in [0.3, 0.4) is 0 Å². The van der Waals surface area contributed by atoms with Crippen molar-refractivity contribution in [3.63, 3.8) is 0 Å². The molecule has 2 fully saturated rings. The monoisotopic (exact) mass is 372 g/mol. The number of benzene rings is 1. The van der Waals surface area contributed by atoms with Crippen LogP contribution in [0.5, 0.6) is 11.5 Å². The Morgan fingerprint density at radius 1 is 1.07 bits per heavy atom. The van der Waals surface area contributed by atoms with Gasteiger partial charge in [0.05, 0.1) is 0 Å². The van der Waals surface area contributed by atoms with Crippen LogP contribution in [0.25, 0.3) is 0 Å². The molecule has 3 aliphatic heterocycles. The highest BCUT2D eigenvalue weighted by Crippen LogP contribution is 2.40. The zero-order valence-electron chi connectivity index (χ0n) is 16.9. The molecule has 0 radical (unpaired) electrons. The van der Waals surface area contributed by atoms with Gasteiger partial charge >= 0.3 is 0 Å². The zero-order valence-corrected chi connectivity index (χ0v) is 16.9. The van der Waals surface area contributed by atoms with Gasteiger partial charge in [-0.2, -0.15) is 0 Å². The molecule has 5 heteroatoms. The van der Waals surface area contributed by atoms with Gasteiger partial charge in [-0.15, -0.1) is 0 Å². The largest absolute Gasteiger partial charge is 0.486 e. The van der Waals surface area contributed by atoms with Crippen molar-refractivity contribution in [1.82, 2.24) is 9.80 Å². The van der Waals surface area contributed by atoms with E-state index < -0.39 is 0 Å². The third-order valence-electron chi connectivity index (χ3n) is 5.95. The Morgan fingerprint density at radius 3 is 2.63 bits per heavy atom. The van der Waals surface area contributed by atoms with Crippen molar-refractivity contribution in [2.45, 2.75) is 40.0 Å². The van der Waals surface area contributed by atoms with Gasteiger partial charge in [-0.05, 0) is 49.4 Å². The average Bonchev–Trinajstić information content (AvgIpc) is 3.02. The molecule has 4 rings (SSSR count). The normalized spacial score (nSPS) is 25.8. The van der Waals surface area contributed by atoms with Crippen molar-refractivity contribution >= 4 is 5.91 Å². The quantitative estimate of drug-likeness (QED) is 0.798. The number of piperidine rings is 1. The molecule has 3 aliphatic rings. The highest BCUT2D eigenvalue weighted by molar-refractivity contribution is 5.95. The molecule has 5 nitrogen and oxygen atoms in total. The number of fused-ring (bicyclic) bond motifs is 1. The molecule has 1 amide bonds. The number of hydrogen-bond donors (Lipinski definition) is 0. The van der Waals surface area contributed by atoms with Crippen molar-refractivity contribution in [3.8, 4) is 11.5 Å². The highest BCUT2D eigenvalue weighted by Gasteiger charge is 2.43. The highest BCUT2D eigenvalue weighted by atomic mass is 16.6. The molecule has 0 aliphatic carbocycles. The summed E-state index contributed by atoms with van der Waals surface area (Å²) in [6.45, 7) is 13.2. The summed E-state index contributed by atoms with van der Waals surface area (Å²) in [5, 5.41) is 0. The van der Waals surface area contributed by atoms with E-state index in [-0.39, 0.29) is 11.3 Å². The van der Waals surface area contributed by atoms with E-state index in [9.17, 15) is 4.79 Å². The molecule has 0 bridgehead atoms. The van der Waals surface area contributed by atoms with E-state index in [4.69, 9.17) is 9.47 Å². The number of carbonyl (C=O) groups excluding carboxylic acids is 1. The van der Waals surface area contributed by atoms with Gasteiger partial charge in [-0.25, -0.2) is 0 Å². The molecule has 3 heterocycles. The Bertz CT molecular complexity index is 712. The van der Waals surface area contributed by atoms with Crippen LogP contribution in [0.15, 0.2) is 18.2 Å². The number of nitrogens with zero attached hydrogens (tertiary/aromatic N) is 2. The van der Waals surface area contributed by atoms with E-state index in [1.54, 1.807) is 0 Å². The number of carbonyl (C=O) groups is 1. The number of rotatable bonds is 2. The Balaban J connectivity index is 1.43. The molecule has 27 heavy (non-hydrogen) atoms. The van der Waals surface area contributed by atoms with Crippen LogP contribution < -0.4 is 9.47 Å². The summed E-state index contributed by atoms with van der Waals surface area (Å²) in [7, 11) is 0. The Hall–Kier alpha value is -1.75. The van der Waals surface area contributed by atoms with E-state index in [0.29, 0.717) is 29.9 Å². The summed E-state index contributed by atoms with van der Waals surface area (Å²) >= 11 is 0. The minimum atomic E-state index is 0.122. The van der Waals surface area contributed by atoms with Crippen LogP contribution in [0.2, 0.25) is 0 Å². The maximum Gasteiger partial charge on any atom is 0.254 e. The third kappa shape index (κ3) is 4.08. The SMILES string of the molecule is CC(C)(C)CN1CCC[C@@]2(CCN(C(=O)c3ccc4c(c3)OCCO4)C2)C1. The van der Waals surface area contributed by atoms with E-state index in [1.807, 2.05) is 23.1 Å². The third-order valence-corrected chi connectivity index (χ3v) is 5.95. The lowest BCUT2D eigenvalue weighted by atomic mass is 9.78. The van der Waals surface area contributed by atoms with Crippen LogP contribution in [0, 0.1) is 10.8 Å². The molecule has 0 aromatic heterocycles. The first-order valence-corrected chi connectivity index (χ1v) is 10.3. The number of hydrogen-bond acceptors (Lipinski definition) is 4. The van der Waals surface area contributed by atoms with Crippen LogP contribution in [0.4, 0.5) is 0 Å². The van der Waals surface area contributed by atoms with Gasteiger partial charge in [-0.3, -0.25) is 4.79 Å². The van der Waals surface area contributed by atoms with Crippen molar-refractivity contribution < 1.29 is 14.3 Å². The molecule has 0 N–H and O–H groups in total. The lowest BCUT2D eigenvalue weighted by molar-refractivity contribution is 0.0594. The van der Waals surface area contributed by atoms with E-state index in [2.05, 4.69) is 25.7 Å². The molecule has 0 unspecified atom stereocenters. The van der Waals surface area contributed by atoms with Gasteiger partial charge in [0.2, 0.25) is 0 Å². The molecule has 1 atom stereocenters. The van der Waals surface area contributed by atoms with Crippen LogP contribution in [0.1, 0.15) is 50.4 Å².